The van der Waals surface area contributed by atoms with Gasteiger partial charge >= 0.3 is 12.1 Å². The molecule has 3 aromatic rings. The Morgan fingerprint density at radius 2 is 1.71 bits per heavy atom. The minimum atomic E-state index is -4.66. The van der Waals surface area contributed by atoms with Crippen molar-refractivity contribution >= 4 is 21.7 Å². The molecular weight excluding hydrogens is 483 g/mol. The summed E-state index contributed by atoms with van der Waals surface area (Å²) in [4.78, 5) is 11.1. The van der Waals surface area contributed by atoms with Crippen LogP contribution in [-0.2, 0) is 29.2 Å². The molecule has 1 aliphatic rings. The highest BCUT2D eigenvalue weighted by Crippen LogP contribution is 2.38. The maximum atomic E-state index is 13.3. The lowest BCUT2D eigenvalue weighted by molar-refractivity contribution is -0.137. The van der Waals surface area contributed by atoms with Gasteiger partial charge in [0.1, 0.15) is 12.4 Å². The smallest absolute Gasteiger partial charge is 0.416 e. The highest BCUT2D eigenvalue weighted by molar-refractivity contribution is 7.92. The van der Waals surface area contributed by atoms with Gasteiger partial charge in [-0.1, -0.05) is 30.3 Å². The number of benzene rings is 3. The van der Waals surface area contributed by atoms with E-state index in [0.717, 1.165) is 31.0 Å². The van der Waals surface area contributed by atoms with Gasteiger partial charge in [-0.15, -0.1) is 0 Å². The molecule has 4 rings (SSSR count). The van der Waals surface area contributed by atoms with Crippen molar-refractivity contribution in [2.45, 2.75) is 36.9 Å². The van der Waals surface area contributed by atoms with E-state index in [-0.39, 0.29) is 28.5 Å². The van der Waals surface area contributed by atoms with Crippen molar-refractivity contribution in [2.75, 3.05) is 4.72 Å². The van der Waals surface area contributed by atoms with Gasteiger partial charge in [0.15, 0.2) is 0 Å². The Bertz CT molecular complexity index is 1330. The van der Waals surface area contributed by atoms with Crippen LogP contribution in [0.3, 0.4) is 0 Å². The van der Waals surface area contributed by atoms with Gasteiger partial charge in [-0.05, 0) is 72.7 Å². The summed E-state index contributed by atoms with van der Waals surface area (Å²) in [6, 6.07) is 14.7. The van der Waals surface area contributed by atoms with E-state index in [1.54, 1.807) is 18.2 Å². The molecule has 1 fully saturated rings. The molecule has 0 spiro atoms. The van der Waals surface area contributed by atoms with E-state index in [1.165, 1.54) is 30.3 Å². The largest absolute Gasteiger partial charge is 0.487 e. The van der Waals surface area contributed by atoms with Gasteiger partial charge in [-0.2, -0.15) is 13.2 Å². The molecule has 1 aliphatic carbocycles. The van der Waals surface area contributed by atoms with Gasteiger partial charge in [0.25, 0.3) is 10.0 Å². The SMILES string of the molecule is O=C(O)c1ccc(COc2cc(C(F)(F)F)ccc2NS(=O)(=O)c2ccccc2CC2CC2)cc1. The molecule has 0 amide bonds. The van der Waals surface area contributed by atoms with Crippen molar-refractivity contribution in [3.63, 3.8) is 0 Å². The molecule has 10 heteroatoms. The molecule has 0 atom stereocenters. The Kier molecular flexibility index (Phi) is 6.75. The lowest BCUT2D eigenvalue weighted by Crippen LogP contribution is -2.16. The van der Waals surface area contributed by atoms with E-state index in [2.05, 4.69) is 4.72 Å². The quantitative estimate of drug-likeness (QED) is 0.387. The van der Waals surface area contributed by atoms with Gasteiger partial charge in [-0.25, -0.2) is 13.2 Å². The first-order valence-electron chi connectivity index (χ1n) is 10.8. The van der Waals surface area contributed by atoms with Crippen molar-refractivity contribution in [1.82, 2.24) is 0 Å². The molecule has 0 heterocycles. The van der Waals surface area contributed by atoms with Crippen LogP contribution in [0.4, 0.5) is 18.9 Å². The molecule has 0 saturated heterocycles. The number of sulfonamides is 1. The molecular formula is C25H22F3NO5S. The third-order valence-electron chi connectivity index (χ3n) is 5.62. The number of hydrogen-bond donors (Lipinski definition) is 2. The van der Waals surface area contributed by atoms with Crippen molar-refractivity contribution in [3.05, 3.63) is 89.0 Å². The lowest BCUT2D eigenvalue weighted by atomic mass is 10.1. The lowest BCUT2D eigenvalue weighted by Gasteiger charge is -2.17. The Labute approximate surface area is 200 Å². The number of ether oxygens (including phenoxy) is 1. The summed E-state index contributed by atoms with van der Waals surface area (Å²) in [5.74, 6) is -0.983. The van der Waals surface area contributed by atoms with E-state index in [9.17, 15) is 26.4 Å². The zero-order chi connectivity index (χ0) is 25.2. The maximum Gasteiger partial charge on any atom is 0.416 e. The Morgan fingerprint density at radius 1 is 1.03 bits per heavy atom. The molecule has 1 saturated carbocycles. The fourth-order valence-corrected chi connectivity index (χ4v) is 4.90. The standard InChI is InChI=1S/C25H22F3NO5S/c26-25(27,28)20-11-12-21(22(14-20)34-15-17-7-9-18(10-8-17)24(30)31)29-35(32,33)23-4-2-1-3-19(23)13-16-5-6-16/h1-4,7-12,14,16,29H,5-6,13,15H2,(H,30,31). The molecule has 0 bridgehead atoms. The van der Waals surface area contributed by atoms with Crippen molar-refractivity contribution in [2.24, 2.45) is 5.92 Å². The number of aromatic carboxylic acids is 1. The fraction of sp³-hybridized carbons (Fsp3) is 0.240. The monoisotopic (exact) mass is 505 g/mol. The van der Waals surface area contributed by atoms with E-state index < -0.39 is 27.7 Å². The molecule has 0 aromatic heterocycles. The summed E-state index contributed by atoms with van der Waals surface area (Å²) in [6.07, 6.45) is -1.98. The Morgan fingerprint density at radius 3 is 2.34 bits per heavy atom. The number of nitrogens with one attached hydrogen (secondary N) is 1. The van der Waals surface area contributed by atoms with E-state index in [4.69, 9.17) is 9.84 Å². The number of anilines is 1. The van der Waals surface area contributed by atoms with E-state index in [0.29, 0.717) is 23.5 Å². The number of carboxylic acids is 1. The van der Waals surface area contributed by atoms with Crippen LogP contribution in [-0.4, -0.2) is 19.5 Å². The second-order valence-corrected chi connectivity index (χ2v) is 10.0. The summed E-state index contributed by atoms with van der Waals surface area (Å²) in [5, 5.41) is 9.00. The highest BCUT2D eigenvalue weighted by atomic mass is 32.2. The van der Waals surface area contributed by atoms with Gasteiger partial charge in [0, 0.05) is 0 Å². The number of carbonyl (C=O) groups is 1. The van der Waals surface area contributed by atoms with Crippen LogP contribution in [0.25, 0.3) is 0 Å². The minimum Gasteiger partial charge on any atom is -0.487 e. The first-order valence-corrected chi connectivity index (χ1v) is 12.3. The van der Waals surface area contributed by atoms with Crippen LogP contribution in [0.5, 0.6) is 5.75 Å². The minimum absolute atomic E-state index is 0.0473. The van der Waals surface area contributed by atoms with E-state index >= 15 is 0 Å². The van der Waals surface area contributed by atoms with Gasteiger partial charge in [-0.3, -0.25) is 4.72 Å². The zero-order valence-electron chi connectivity index (χ0n) is 18.4. The van der Waals surface area contributed by atoms with Gasteiger partial charge < -0.3 is 9.84 Å². The molecule has 0 radical (unpaired) electrons. The van der Waals surface area contributed by atoms with Crippen LogP contribution in [0.15, 0.2) is 71.6 Å². The maximum absolute atomic E-state index is 13.3. The highest BCUT2D eigenvalue weighted by Gasteiger charge is 2.32. The van der Waals surface area contributed by atoms with E-state index in [1.807, 2.05) is 0 Å². The average molecular weight is 506 g/mol. The molecule has 3 aromatic carbocycles. The molecule has 184 valence electrons. The van der Waals surface area contributed by atoms with Crippen molar-refractivity contribution in [1.29, 1.82) is 0 Å². The third-order valence-corrected chi connectivity index (χ3v) is 7.08. The second-order valence-electron chi connectivity index (χ2n) is 8.36. The third kappa shape index (κ3) is 6.13. The molecule has 0 aliphatic heterocycles. The number of hydrogen-bond acceptors (Lipinski definition) is 4. The summed E-state index contributed by atoms with van der Waals surface area (Å²) >= 11 is 0. The predicted octanol–water partition coefficient (Wildman–Crippen LogP) is 5.74. The molecule has 2 N–H and O–H groups in total. The Balaban J connectivity index is 1.62. The summed E-state index contributed by atoms with van der Waals surface area (Å²) in [6.45, 7) is -0.200. The summed E-state index contributed by atoms with van der Waals surface area (Å²) in [5.41, 5.74) is 0.0599. The number of carboxylic acid groups (broad SMARTS) is 1. The molecule has 35 heavy (non-hydrogen) atoms. The van der Waals surface area contributed by atoms with Crippen LogP contribution < -0.4 is 9.46 Å². The topological polar surface area (TPSA) is 92.7 Å². The predicted molar refractivity (Wildman–Crippen MR) is 123 cm³/mol. The Hall–Kier alpha value is -3.53. The normalized spacial score (nSPS) is 13.9. The van der Waals surface area contributed by atoms with Gasteiger partial charge in [0.05, 0.1) is 21.7 Å². The zero-order valence-corrected chi connectivity index (χ0v) is 19.2. The number of halogens is 3. The first-order chi connectivity index (χ1) is 16.5. The molecule has 6 nitrogen and oxygen atoms in total. The second kappa shape index (κ2) is 9.61. The van der Waals surface area contributed by atoms with Crippen molar-refractivity contribution < 1.29 is 36.2 Å². The van der Waals surface area contributed by atoms with Crippen LogP contribution in [0.2, 0.25) is 0 Å². The van der Waals surface area contributed by atoms with Crippen LogP contribution in [0.1, 0.15) is 39.9 Å². The van der Waals surface area contributed by atoms with Crippen molar-refractivity contribution in [3.8, 4) is 5.75 Å². The van der Waals surface area contributed by atoms with Gasteiger partial charge in [0.2, 0.25) is 0 Å². The average Bonchev–Trinajstić information content (AvgIpc) is 3.62. The molecule has 0 unspecified atom stereocenters. The number of rotatable bonds is 9. The van der Waals surface area contributed by atoms with Crippen LogP contribution in [0, 0.1) is 5.92 Å². The first kappa shape index (κ1) is 24.6. The van der Waals surface area contributed by atoms with Crippen LogP contribution >= 0.6 is 0 Å². The summed E-state index contributed by atoms with van der Waals surface area (Å²) in [7, 11) is -4.11. The fourth-order valence-electron chi connectivity index (χ4n) is 3.57. The summed E-state index contributed by atoms with van der Waals surface area (Å²) < 4.78 is 74.3. The number of alkyl halides is 3.